The van der Waals surface area contributed by atoms with Gasteiger partial charge in [-0.1, -0.05) is 25.5 Å². The lowest BCUT2D eigenvalue weighted by Crippen LogP contribution is -2.26. The van der Waals surface area contributed by atoms with Gasteiger partial charge < -0.3 is 14.9 Å². The molecule has 4 nitrogen and oxygen atoms in total. The summed E-state index contributed by atoms with van der Waals surface area (Å²) >= 11 is 0. The zero-order valence-electron chi connectivity index (χ0n) is 10.8. The SMILES string of the molecule is CCCC(Oc1ccc(CC(C)O)cc1)C(=O)O. The Labute approximate surface area is 107 Å². The molecule has 0 amide bonds. The Morgan fingerprint density at radius 3 is 2.39 bits per heavy atom. The molecule has 0 aliphatic rings. The highest BCUT2D eigenvalue weighted by atomic mass is 16.5. The van der Waals surface area contributed by atoms with Crippen molar-refractivity contribution in [1.82, 2.24) is 0 Å². The normalized spacial score (nSPS) is 13.9. The van der Waals surface area contributed by atoms with Gasteiger partial charge in [-0.3, -0.25) is 0 Å². The van der Waals surface area contributed by atoms with Gasteiger partial charge in [0, 0.05) is 0 Å². The van der Waals surface area contributed by atoms with Gasteiger partial charge in [0.1, 0.15) is 5.75 Å². The quantitative estimate of drug-likeness (QED) is 0.781. The Kier molecular flexibility index (Phi) is 5.65. The Balaban J connectivity index is 2.64. The van der Waals surface area contributed by atoms with Gasteiger partial charge in [-0.25, -0.2) is 4.79 Å². The molecule has 100 valence electrons. The molecule has 0 heterocycles. The minimum Gasteiger partial charge on any atom is -0.479 e. The van der Waals surface area contributed by atoms with Crippen LogP contribution in [0.5, 0.6) is 5.75 Å². The molecule has 0 saturated carbocycles. The first-order chi connectivity index (χ1) is 8.52. The van der Waals surface area contributed by atoms with Crippen molar-refractivity contribution in [2.75, 3.05) is 0 Å². The molecule has 0 radical (unpaired) electrons. The minimum absolute atomic E-state index is 0.386. The van der Waals surface area contributed by atoms with Gasteiger partial charge in [0.15, 0.2) is 6.10 Å². The number of carbonyl (C=O) groups is 1. The fourth-order valence-electron chi connectivity index (χ4n) is 1.70. The molecule has 0 fully saturated rings. The second-order valence-electron chi connectivity index (χ2n) is 4.43. The van der Waals surface area contributed by atoms with Crippen LogP contribution in [0.3, 0.4) is 0 Å². The highest BCUT2D eigenvalue weighted by Gasteiger charge is 2.17. The van der Waals surface area contributed by atoms with Crippen LogP contribution in [0.15, 0.2) is 24.3 Å². The second kappa shape index (κ2) is 7.01. The maximum Gasteiger partial charge on any atom is 0.344 e. The molecular weight excluding hydrogens is 232 g/mol. The number of hydrogen-bond acceptors (Lipinski definition) is 3. The Morgan fingerprint density at radius 2 is 1.94 bits per heavy atom. The first-order valence-electron chi connectivity index (χ1n) is 6.19. The highest BCUT2D eigenvalue weighted by Crippen LogP contribution is 2.16. The maximum atomic E-state index is 10.9. The molecule has 1 rings (SSSR count). The third kappa shape index (κ3) is 4.75. The number of benzene rings is 1. The van der Waals surface area contributed by atoms with E-state index in [1.807, 2.05) is 19.1 Å². The summed E-state index contributed by atoms with van der Waals surface area (Å²) in [5.74, 6) is -0.393. The zero-order chi connectivity index (χ0) is 13.5. The van der Waals surface area contributed by atoms with Crippen LogP contribution in [0.25, 0.3) is 0 Å². The molecule has 0 bridgehead atoms. The van der Waals surface area contributed by atoms with Gasteiger partial charge in [-0.2, -0.15) is 0 Å². The highest BCUT2D eigenvalue weighted by molar-refractivity contribution is 5.72. The smallest absolute Gasteiger partial charge is 0.344 e. The molecular formula is C14H20O4. The largest absolute Gasteiger partial charge is 0.479 e. The van der Waals surface area contributed by atoms with E-state index in [1.165, 1.54) is 0 Å². The van der Waals surface area contributed by atoms with Crippen molar-refractivity contribution >= 4 is 5.97 Å². The van der Waals surface area contributed by atoms with E-state index in [0.29, 0.717) is 18.6 Å². The maximum absolute atomic E-state index is 10.9. The third-order valence-corrected chi connectivity index (χ3v) is 2.56. The lowest BCUT2D eigenvalue weighted by molar-refractivity contribution is -0.145. The third-order valence-electron chi connectivity index (χ3n) is 2.56. The Bertz CT molecular complexity index is 370. The van der Waals surface area contributed by atoms with Gasteiger partial charge in [-0.05, 0) is 37.5 Å². The van der Waals surface area contributed by atoms with Gasteiger partial charge in [0.25, 0.3) is 0 Å². The van der Waals surface area contributed by atoms with Crippen LogP contribution >= 0.6 is 0 Å². The van der Waals surface area contributed by atoms with Crippen molar-refractivity contribution in [2.45, 2.75) is 45.3 Å². The summed E-state index contributed by atoms with van der Waals surface area (Å²) < 4.78 is 5.41. The Morgan fingerprint density at radius 1 is 1.33 bits per heavy atom. The second-order valence-corrected chi connectivity index (χ2v) is 4.43. The molecule has 0 saturated heterocycles. The number of hydrogen-bond donors (Lipinski definition) is 2. The van der Waals surface area contributed by atoms with Crippen molar-refractivity contribution in [3.05, 3.63) is 29.8 Å². The average Bonchev–Trinajstić information content (AvgIpc) is 2.30. The van der Waals surface area contributed by atoms with Crippen LogP contribution in [0.2, 0.25) is 0 Å². The molecule has 18 heavy (non-hydrogen) atoms. The number of carboxylic acids is 1. The van der Waals surface area contributed by atoms with Gasteiger partial charge in [0.2, 0.25) is 0 Å². The van der Waals surface area contributed by atoms with Gasteiger partial charge in [0.05, 0.1) is 6.10 Å². The molecule has 1 aromatic carbocycles. The number of rotatable bonds is 7. The van der Waals surface area contributed by atoms with Crippen LogP contribution in [-0.2, 0) is 11.2 Å². The molecule has 0 aliphatic carbocycles. The van der Waals surface area contributed by atoms with E-state index in [0.717, 1.165) is 12.0 Å². The molecule has 2 atom stereocenters. The summed E-state index contributed by atoms with van der Waals surface area (Å²) in [6.07, 6.45) is 0.653. The number of aliphatic hydroxyl groups excluding tert-OH is 1. The van der Waals surface area contributed by atoms with E-state index in [4.69, 9.17) is 9.84 Å². The summed E-state index contributed by atoms with van der Waals surface area (Å²) in [5, 5.41) is 18.2. The predicted octanol–water partition coefficient (Wildman–Crippen LogP) is 2.24. The first-order valence-corrected chi connectivity index (χ1v) is 6.19. The van der Waals surface area contributed by atoms with Crippen molar-refractivity contribution in [1.29, 1.82) is 0 Å². The van der Waals surface area contributed by atoms with E-state index < -0.39 is 12.1 Å². The van der Waals surface area contributed by atoms with Crippen LogP contribution in [0.4, 0.5) is 0 Å². The summed E-state index contributed by atoms with van der Waals surface area (Å²) in [4.78, 5) is 10.9. The molecule has 2 unspecified atom stereocenters. The number of carboxylic acid groups (broad SMARTS) is 1. The topological polar surface area (TPSA) is 66.8 Å². The lowest BCUT2D eigenvalue weighted by atomic mass is 10.1. The van der Waals surface area contributed by atoms with Crippen LogP contribution in [-0.4, -0.2) is 28.4 Å². The number of aliphatic hydroxyl groups is 1. The molecule has 0 spiro atoms. The predicted molar refractivity (Wildman–Crippen MR) is 68.8 cm³/mol. The first kappa shape index (κ1) is 14.5. The van der Waals surface area contributed by atoms with E-state index >= 15 is 0 Å². The van der Waals surface area contributed by atoms with E-state index in [2.05, 4.69) is 0 Å². The van der Waals surface area contributed by atoms with E-state index in [1.54, 1.807) is 19.1 Å². The minimum atomic E-state index is -0.940. The zero-order valence-corrected chi connectivity index (χ0v) is 10.8. The fraction of sp³-hybridized carbons (Fsp3) is 0.500. The molecule has 1 aromatic rings. The molecule has 4 heteroatoms. The monoisotopic (exact) mass is 252 g/mol. The van der Waals surface area contributed by atoms with Crippen LogP contribution in [0.1, 0.15) is 32.3 Å². The van der Waals surface area contributed by atoms with Crippen molar-refractivity contribution in [2.24, 2.45) is 0 Å². The molecule has 0 aromatic heterocycles. The lowest BCUT2D eigenvalue weighted by Gasteiger charge is -2.14. The van der Waals surface area contributed by atoms with Gasteiger partial charge in [-0.15, -0.1) is 0 Å². The summed E-state index contributed by atoms with van der Waals surface area (Å²) in [5.41, 5.74) is 1.000. The standard InChI is InChI=1S/C14H20O4/c1-3-4-13(14(16)17)18-12-7-5-11(6-8-12)9-10(2)15/h5-8,10,13,15H,3-4,9H2,1-2H3,(H,16,17). The Hall–Kier alpha value is -1.55. The number of aliphatic carboxylic acids is 1. The van der Waals surface area contributed by atoms with Crippen molar-refractivity contribution in [3.8, 4) is 5.75 Å². The average molecular weight is 252 g/mol. The fourth-order valence-corrected chi connectivity index (χ4v) is 1.70. The van der Waals surface area contributed by atoms with Gasteiger partial charge >= 0.3 is 5.97 Å². The van der Waals surface area contributed by atoms with E-state index in [-0.39, 0.29) is 6.10 Å². The molecule has 0 aliphatic heterocycles. The van der Waals surface area contributed by atoms with Crippen molar-refractivity contribution in [3.63, 3.8) is 0 Å². The van der Waals surface area contributed by atoms with E-state index in [9.17, 15) is 9.90 Å². The van der Waals surface area contributed by atoms with Crippen LogP contribution < -0.4 is 4.74 Å². The molecule has 2 N–H and O–H groups in total. The number of ether oxygens (including phenoxy) is 1. The van der Waals surface area contributed by atoms with Crippen molar-refractivity contribution < 1.29 is 19.7 Å². The summed E-state index contributed by atoms with van der Waals surface area (Å²) in [6.45, 7) is 3.65. The summed E-state index contributed by atoms with van der Waals surface area (Å²) in [7, 11) is 0. The summed E-state index contributed by atoms with van der Waals surface area (Å²) in [6, 6.07) is 7.16. The van der Waals surface area contributed by atoms with Crippen LogP contribution in [0, 0.1) is 0 Å².